The molecule has 0 unspecified atom stereocenters. The Bertz CT molecular complexity index is 745. The molecule has 4 rings (SSSR count). The maximum absolute atomic E-state index is 13.5. The number of hydrogen-bond donors (Lipinski definition) is 3. The summed E-state index contributed by atoms with van der Waals surface area (Å²) in [5.74, 6) is -4.23. The first-order valence-corrected chi connectivity index (χ1v) is 17.2. The monoisotopic (exact) mass is 456 g/mol. The normalized spacial score (nSPS) is 37.6. The minimum atomic E-state index is -2.44. The zero-order valence-corrected chi connectivity index (χ0v) is 20.3. The number of carboxylic acid groups (broad SMARTS) is 3. The van der Waals surface area contributed by atoms with Crippen molar-refractivity contribution in [1.29, 1.82) is 0 Å². The van der Waals surface area contributed by atoms with Crippen molar-refractivity contribution in [3.05, 3.63) is 0 Å². The number of carboxylic acids is 3. The maximum Gasteiger partial charge on any atom is 0.309 e. The summed E-state index contributed by atoms with van der Waals surface area (Å²) in [6, 6.07) is 0. The Balaban J connectivity index is 2.08. The van der Waals surface area contributed by atoms with Gasteiger partial charge in [-0.2, -0.15) is 0 Å². The van der Waals surface area contributed by atoms with E-state index in [1.54, 1.807) is 0 Å². The van der Waals surface area contributed by atoms with Gasteiger partial charge in [0.05, 0.1) is 21.7 Å². The van der Waals surface area contributed by atoms with Crippen molar-refractivity contribution < 1.29 is 38.9 Å². The van der Waals surface area contributed by atoms with E-state index in [0.717, 1.165) is 5.67 Å². The summed E-state index contributed by atoms with van der Waals surface area (Å²) in [4.78, 5) is 50.4. The number of carbonyl (C=O) groups excluding carboxylic acids is 1. The molecule has 0 aromatic rings. The third kappa shape index (κ3) is 3.51. The summed E-state index contributed by atoms with van der Waals surface area (Å²) in [5.41, 5.74) is -5.16. The van der Waals surface area contributed by atoms with E-state index < -0.39 is 61.9 Å². The molecule has 168 valence electrons. The summed E-state index contributed by atoms with van der Waals surface area (Å²) in [5, 5.41) is 30.1. The number of carbonyl (C=O) groups is 4. The minimum Gasteiger partial charge on any atom is -0.519 e. The fraction of sp³-hybridized carbons (Fsp3) is 0.800. The van der Waals surface area contributed by atoms with E-state index in [1.165, 1.54) is 0 Å². The quantitative estimate of drug-likeness (QED) is 0.496. The lowest BCUT2D eigenvalue weighted by molar-refractivity contribution is -0.228. The van der Waals surface area contributed by atoms with Gasteiger partial charge in [0.2, 0.25) is 8.32 Å². The van der Waals surface area contributed by atoms with E-state index in [4.69, 9.17) is 4.43 Å². The predicted molar refractivity (Wildman–Crippen MR) is 112 cm³/mol. The molecule has 0 radical (unpaired) electrons. The van der Waals surface area contributed by atoms with Crippen LogP contribution in [0.4, 0.5) is 0 Å². The van der Waals surface area contributed by atoms with E-state index >= 15 is 0 Å². The van der Waals surface area contributed by atoms with Crippen LogP contribution in [0.5, 0.6) is 0 Å². The lowest BCUT2D eigenvalue weighted by Crippen LogP contribution is -2.69. The zero-order chi connectivity index (χ0) is 23.0. The molecule has 0 aromatic carbocycles. The highest BCUT2D eigenvalue weighted by atomic mass is 28.4. The van der Waals surface area contributed by atoms with Crippen LogP contribution in [0, 0.1) is 21.7 Å². The number of hydrogen-bond acceptors (Lipinski definition) is 5. The number of rotatable bonds is 7. The highest BCUT2D eigenvalue weighted by Gasteiger charge is 2.76. The molecule has 0 amide bonds. The Labute approximate surface area is 178 Å². The summed E-state index contributed by atoms with van der Waals surface area (Å²) in [6.45, 7) is 10.4. The Kier molecular flexibility index (Phi) is 4.91. The van der Waals surface area contributed by atoms with Crippen molar-refractivity contribution in [2.24, 2.45) is 21.7 Å². The van der Waals surface area contributed by atoms with Crippen LogP contribution in [-0.2, 0) is 23.6 Å². The summed E-state index contributed by atoms with van der Waals surface area (Å²) >= 11 is 0. The molecule has 0 aromatic heterocycles. The first-order chi connectivity index (χ1) is 13.4. The van der Waals surface area contributed by atoms with Crippen molar-refractivity contribution in [2.45, 2.75) is 76.9 Å². The molecule has 4 bridgehead atoms. The van der Waals surface area contributed by atoms with E-state index in [1.807, 2.05) is 13.1 Å². The van der Waals surface area contributed by atoms with Gasteiger partial charge in [-0.1, -0.05) is 19.6 Å². The fourth-order valence-corrected chi connectivity index (χ4v) is 18.4. The SMILES string of the molecule is C[Si](C)(C)C[Si](C)(C)OC(=O)C12CC3(C(=O)O)CC(C(=O)O)(CC(C(=O)O)(C3)C1)C2. The Morgan fingerprint density at radius 3 is 1.23 bits per heavy atom. The second-order valence-corrected chi connectivity index (χ2v) is 22.2. The standard InChI is InChI=1S/C20H32O8Si2/c1-29(2,3)12-30(4,5)28-16(27)20-9-17(13(21)22)6-18(10-20,14(23)24)8-19(7-17,11-20)15(25)26/h6-12H2,1-5H3,(H,21,22)(H,23,24)(H,25,26). The summed E-state index contributed by atoms with van der Waals surface area (Å²) in [6.07, 6.45) is -0.541. The van der Waals surface area contributed by atoms with E-state index in [2.05, 4.69) is 19.6 Å². The topological polar surface area (TPSA) is 138 Å². The molecule has 8 nitrogen and oxygen atoms in total. The van der Waals surface area contributed by atoms with Crippen molar-refractivity contribution in [3.8, 4) is 0 Å². The van der Waals surface area contributed by atoms with Crippen molar-refractivity contribution >= 4 is 40.3 Å². The average molecular weight is 457 g/mol. The lowest BCUT2D eigenvalue weighted by atomic mass is 9.35. The first-order valence-electron chi connectivity index (χ1n) is 10.3. The lowest BCUT2D eigenvalue weighted by Gasteiger charge is -2.65. The third-order valence-corrected chi connectivity index (χ3v) is 15.6. The Morgan fingerprint density at radius 2 is 0.967 bits per heavy atom. The van der Waals surface area contributed by atoms with E-state index in [9.17, 15) is 34.5 Å². The molecule has 0 spiro atoms. The van der Waals surface area contributed by atoms with Gasteiger partial charge >= 0.3 is 17.9 Å². The van der Waals surface area contributed by atoms with Gasteiger partial charge in [-0.3, -0.25) is 19.2 Å². The molecular weight excluding hydrogens is 424 g/mol. The molecule has 0 atom stereocenters. The molecule has 0 aliphatic heterocycles. The summed E-state index contributed by atoms with van der Waals surface area (Å²) < 4.78 is 6.03. The van der Waals surface area contributed by atoms with Crippen LogP contribution in [0.15, 0.2) is 0 Å². The van der Waals surface area contributed by atoms with Crippen LogP contribution in [0.25, 0.3) is 0 Å². The Morgan fingerprint density at radius 1 is 0.667 bits per heavy atom. The molecule has 30 heavy (non-hydrogen) atoms. The first kappa shape index (κ1) is 23.0. The van der Waals surface area contributed by atoms with E-state index in [0.29, 0.717) is 0 Å². The van der Waals surface area contributed by atoms with E-state index in [-0.39, 0.29) is 38.5 Å². The van der Waals surface area contributed by atoms with Gasteiger partial charge in [-0.25, -0.2) is 0 Å². The second-order valence-electron chi connectivity index (χ2n) is 12.0. The highest BCUT2D eigenvalue weighted by molar-refractivity contribution is 6.92. The zero-order valence-electron chi connectivity index (χ0n) is 18.3. The maximum atomic E-state index is 13.5. The molecule has 0 saturated heterocycles. The van der Waals surface area contributed by atoms with Gasteiger partial charge < -0.3 is 19.7 Å². The molecule has 10 heteroatoms. The predicted octanol–water partition coefficient (Wildman–Crippen LogP) is 3.19. The van der Waals surface area contributed by atoms with Gasteiger partial charge in [0, 0.05) is 8.07 Å². The van der Waals surface area contributed by atoms with Gasteiger partial charge in [-0.05, 0) is 57.3 Å². The molecule has 4 aliphatic carbocycles. The van der Waals surface area contributed by atoms with Crippen LogP contribution in [-0.4, -0.2) is 55.6 Å². The van der Waals surface area contributed by atoms with Gasteiger partial charge in [0.25, 0.3) is 5.97 Å². The van der Waals surface area contributed by atoms with Gasteiger partial charge in [-0.15, -0.1) is 0 Å². The van der Waals surface area contributed by atoms with Gasteiger partial charge in [0.1, 0.15) is 0 Å². The van der Waals surface area contributed by atoms with Crippen LogP contribution >= 0.6 is 0 Å². The molecule has 3 N–H and O–H groups in total. The van der Waals surface area contributed by atoms with Crippen molar-refractivity contribution in [2.75, 3.05) is 0 Å². The molecular formula is C20H32O8Si2. The summed E-state index contributed by atoms with van der Waals surface area (Å²) in [7, 11) is -3.98. The second kappa shape index (κ2) is 6.41. The smallest absolute Gasteiger partial charge is 0.309 e. The van der Waals surface area contributed by atoms with Crippen molar-refractivity contribution in [3.63, 3.8) is 0 Å². The van der Waals surface area contributed by atoms with Crippen molar-refractivity contribution in [1.82, 2.24) is 0 Å². The average Bonchev–Trinajstić information content (AvgIpc) is 2.50. The molecule has 4 saturated carbocycles. The van der Waals surface area contributed by atoms with Crippen LogP contribution in [0.3, 0.4) is 0 Å². The van der Waals surface area contributed by atoms with Crippen LogP contribution in [0.1, 0.15) is 38.5 Å². The van der Waals surface area contributed by atoms with Crippen LogP contribution in [0.2, 0.25) is 38.4 Å². The third-order valence-electron chi connectivity index (χ3n) is 7.18. The number of aliphatic carboxylic acids is 3. The Hall–Kier alpha value is -1.69. The molecule has 4 fully saturated rings. The minimum absolute atomic E-state index is 0.0460. The molecule has 4 aliphatic rings. The molecule has 0 heterocycles. The largest absolute Gasteiger partial charge is 0.519 e. The van der Waals surface area contributed by atoms with Gasteiger partial charge in [0.15, 0.2) is 0 Å². The highest BCUT2D eigenvalue weighted by Crippen LogP contribution is 2.74. The van der Waals surface area contributed by atoms with Crippen LogP contribution < -0.4 is 0 Å². The fourth-order valence-electron chi connectivity index (χ4n) is 7.21.